The van der Waals surface area contributed by atoms with Gasteiger partial charge in [-0.05, 0) is 106 Å². The Morgan fingerprint density at radius 1 is 0.393 bits per heavy atom. The highest BCUT2D eigenvalue weighted by molar-refractivity contribution is 6.08. The first-order valence-electron chi connectivity index (χ1n) is 35.8. The molecule has 117 heavy (non-hydrogen) atoms. The fraction of sp³-hybridized carbons (Fsp3) is 0.444. The van der Waals surface area contributed by atoms with Crippen LogP contribution in [0.25, 0.3) is 22.0 Å². The summed E-state index contributed by atoms with van der Waals surface area (Å²) in [5, 5.41) is 125. The van der Waals surface area contributed by atoms with Gasteiger partial charge in [0.2, 0.25) is 59.1 Å². The van der Waals surface area contributed by atoms with Crippen molar-refractivity contribution in [2.24, 2.45) is 11.7 Å². The molecule has 0 saturated carbocycles. The number of Topliss-reactive ketones (excluding diaryl/α,β-unsaturated/α-hetero) is 1. The number of carboxylic acids is 10. The van der Waals surface area contributed by atoms with Gasteiger partial charge in [0.05, 0.1) is 35.7 Å². The van der Waals surface area contributed by atoms with E-state index in [2.05, 4.69) is 36.8 Å². The van der Waals surface area contributed by atoms with E-state index in [-0.39, 0.29) is 17.8 Å². The van der Waals surface area contributed by atoms with E-state index in [0.29, 0.717) is 27.7 Å². The number of aryl methyl sites for hydroxylation is 1. The number of H-pyrrole nitrogens is 1. The van der Waals surface area contributed by atoms with E-state index in [1.165, 1.54) is 6.07 Å². The molecule has 45 heteroatoms. The molecule has 0 unspecified atom stereocenters. The summed E-state index contributed by atoms with van der Waals surface area (Å²) in [6.45, 7) is 1.77. The summed E-state index contributed by atoms with van der Waals surface area (Å²) in [7, 11) is 0. The zero-order chi connectivity index (χ0) is 87.5. The number of halogens is 1. The Morgan fingerprint density at radius 2 is 0.752 bits per heavy atom. The number of anilines is 2. The van der Waals surface area contributed by atoms with Gasteiger partial charge >= 0.3 is 59.7 Å². The lowest BCUT2D eigenvalue weighted by molar-refractivity contribution is -0.146. The van der Waals surface area contributed by atoms with Gasteiger partial charge in [-0.3, -0.25) is 67.4 Å². The zero-order valence-electron chi connectivity index (χ0n) is 62.3. The Hall–Kier alpha value is -13.9. The second kappa shape index (κ2) is 46.9. The normalized spacial score (nSPS) is 13.5. The quantitative estimate of drug-likeness (QED) is 0.0248. The average Bonchev–Trinajstić information content (AvgIpc) is 1.66. The number of fused-ring (bicyclic) bond motifs is 1. The first-order valence-corrected chi connectivity index (χ1v) is 35.8. The molecule has 10 atom stereocenters. The lowest BCUT2D eigenvalue weighted by atomic mass is 9.94. The van der Waals surface area contributed by atoms with Crippen LogP contribution in [-0.4, -0.2) is 240 Å². The number of aliphatic carboxylic acids is 10. The van der Waals surface area contributed by atoms with Crippen molar-refractivity contribution in [1.82, 2.24) is 52.7 Å². The SMILES string of the molecule is Cc1ccc(F)c(CC(=O)Nc2ccc(-c3cccc4[nH]nc(NC(=O)C[C@H](N)C(=O)N[C@@H](CCC(=O)N[C@@H](CCC(=O)N[C@@H](CCC(=O)N[C@@H](CCC(=O)N[C@@H](CCC(=O)N[C@@H](CCC(=O)N[C@@H](CCC(=O)N[C@@H](CCC(=O)C[C@@H](CCC(=O)O)C(=O)O)C(=O)O)C(=O)O)C(=O)O)C(=O)O)C(=O)O)C(=O)O)C(=O)O)C(=O)O)c34)cc2)c1. The lowest BCUT2D eigenvalue weighted by Gasteiger charge is -2.19. The summed E-state index contributed by atoms with van der Waals surface area (Å²) in [5.41, 5.74) is 9.07. The van der Waals surface area contributed by atoms with Crippen molar-refractivity contribution < 1.29 is 156 Å². The highest BCUT2D eigenvalue weighted by Gasteiger charge is 2.33. The summed E-state index contributed by atoms with van der Waals surface area (Å²) in [5.74, 6) is -29.3. The van der Waals surface area contributed by atoms with Crippen LogP contribution in [0.4, 0.5) is 15.9 Å². The molecular weight excluding hydrogens is 1560 g/mol. The second-order valence-electron chi connectivity index (χ2n) is 26.7. The fourth-order valence-corrected chi connectivity index (χ4v) is 11.3. The molecule has 0 radical (unpaired) electrons. The van der Waals surface area contributed by atoms with Crippen LogP contribution in [0.5, 0.6) is 0 Å². The van der Waals surface area contributed by atoms with Crippen LogP contribution in [0.1, 0.15) is 140 Å². The van der Waals surface area contributed by atoms with Crippen LogP contribution in [0, 0.1) is 18.7 Å². The molecule has 0 aliphatic carbocycles. The maximum atomic E-state index is 14.3. The molecule has 4 aromatic rings. The smallest absolute Gasteiger partial charge is 0.326 e. The van der Waals surface area contributed by atoms with Crippen molar-refractivity contribution in [3.05, 3.63) is 77.6 Å². The fourth-order valence-electron chi connectivity index (χ4n) is 11.3. The zero-order valence-corrected chi connectivity index (χ0v) is 62.3. The highest BCUT2D eigenvalue weighted by Crippen LogP contribution is 2.34. The Morgan fingerprint density at radius 3 is 1.10 bits per heavy atom. The Bertz CT molecular complexity index is 4400. The summed E-state index contributed by atoms with van der Waals surface area (Å²) in [6, 6.07) is -0.300. The van der Waals surface area contributed by atoms with Crippen molar-refractivity contribution >= 4 is 147 Å². The Labute approximate surface area is 660 Å². The third kappa shape index (κ3) is 34.1. The molecule has 0 bridgehead atoms. The number of rotatable bonds is 54. The molecule has 634 valence electrons. The third-order valence-electron chi connectivity index (χ3n) is 17.5. The van der Waals surface area contributed by atoms with Crippen LogP contribution in [0.3, 0.4) is 0 Å². The van der Waals surface area contributed by atoms with E-state index >= 15 is 0 Å². The van der Waals surface area contributed by atoms with Gasteiger partial charge in [-0.2, -0.15) is 5.10 Å². The number of amides is 10. The van der Waals surface area contributed by atoms with Crippen LogP contribution in [-0.2, 0) is 107 Å². The summed E-state index contributed by atoms with van der Waals surface area (Å²) >= 11 is 0. The summed E-state index contributed by atoms with van der Waals surface area (Å²) < 4.78 is 14.3. The summed E-state index contributed by atoms with van der Waals surface area (Å²) in [4.78, 5) is 260. The van der Waals surface area contributed by atoms with Gasteiger partial charge in [-0.1, -0.05) is 42.0 Å². The molecule has 0 fully saturated rings. The number of nitrogens with two attached hydrogens (primary N) is 1. The first-order chi connectivity index (χ1) is 55.0. The number of nitrogens with one attached hydrogen (secondary N) is 11. The Kier molecular flexibility index (Phi) is 38.3. The first kappa shape index (κ1) is 95.5. The van der Waals surface area contributed by atoms with Crippen molar-refractivity contribution in [2.45, 2.75) is 196 Å². The van der Waals surface area contributed by atoms with Gasteiger partial charge in [0.1, 0.15) is 59.9 Å². The Balaban J connectivity index is 1.18. The second-order valence-corrected chi connectivity index (χ2v) is 26.7. The number of carboxylic acid groups (broad SMARTS) is 10. The number of aromatic nitrogens is 2. The highest BCUT2D eigenvalue weighted by atomic mass is 19.1. The number of carbonyl (C=O) groups excluding carboxylic acids is 11. The van der Waals surface area contributed by atoms with Crippen LogP contribution >= 0.6 is 0 Å². The van der Waals surface area contributed by atoms with E-state index in [1.807, 2.05) is 26.6 Å². The summed E-state index contributed by atoms with van der Waals surface area (Å²) in [6.07, 6.45) is -14.0. The van der Waals surface area contributed by atoms with Gasteiger partial charge in [-0.15, -0.1) is 0 Å². The third-order valence-corrected chi connectivity index (χ3v) is 17.5. The number of ketones is 1. The number of carbonyl (C=O) groups is 21. The minimum Gasteiger partial charge on any atom is -0.481 e. The molecular formula is C72H88FN13O31. The lowest BCUT2D eigenvalue weighted by Crippen LogP contribution is -2.50. The van der Waals surface area contributed by atoms with Crippen molar-refractivity contribution in [1.29, 1.82) is 0 Å². The van der Waals surface area contributed by atoms with Gasteiger partial charge < -0.3 is 110 Å². The topological polar surface area (TPSA) is 736 Å². The van der Waals surface area contributed by atoms with Crippen molar-refractivity contribution in [3.8, 4) is 11.1 Å². The molecule has 1 aromatic heterocycles. The van der Waals surface area contributed by atoms with Gasteiger partial charge in [0.15, 0.2) is 5.82 Å². The molecule has 0 aliphatic rings. The van der Waals surface area contributed by atoms with Crippen LogP contribution < -0.4 is 58.9 Å². The molecule has 44 nitrogen and oxygen atoms in total. The predicted molar refractivity (Wildman–Crippen MR) is 394 cm³/mol. The molecule has 4 rings (SSSR count). The van der Waals surface area contributed by atoms with Crippen molar-refractivity contribution in [2.75, 3.05) is 10.6 Å². The van der Waals surface area contributed by atoms with E-state index < -0.39 is 319 Å². The van der Waals surface area contributed by atoms with Gasteiger partial charge in [0, 0.05) is 69.9 Å². The predicted octanol–water partition coefficient (Wildman–Crippen LogP) is -1.16. The molecule has 23 N–H and O–H groups in total. The number of aromatic amines is 1. The maximum Gasteiger partial charge on any atom is 0.326 e. The number of benzene rings is 3. The molecule has 0 spiro atoms. The average molecular weight is 1650 g/mol. The van der Waals surface area contributed by atoms with Gasteiger partial charge in [0.25, 0.3) is 0 Å². The van der Waals surface area contributed by atoms with Crippen LogP contribution in [0.15, 0.2) is 60.7 Å². The maximum absolute atomic E-state index is 14.3. The molecule has 1 heterocycles. The van der Waals surface area contributed by atoms with Crippen LogP contribution in [0.2, 0.25) is 0 Å². The molecule has 0 aliphatic heterocycles. The van der Waals surface area contributed by atoms with E-state index in [4.69, 9.17) is 10.8 Å². The molecule has 0 saturated heterocycles. The van der Waals surface area contributed by atoms with E-state index in [1.54, 1.807) is 61.5 Å². The molecule has 3 aromatic carbocycles. The standard InChI is InChI=1S/C72H88FN13O31/c1-33-5-12-40(73)36(29-33)31-58(95)75-37-9-6-34(7-10-37)39-3-2-4-42-61(39)62(86-85-42)84-59(96)32-41(74)63(99)83-50(72(116)117)20-27-57(94)82-49(71(114)115)19-26-56(93)81-48(70(112)113)18-25-55(92)80-47(69(110)111)17-24-54(91)79-46(68(108)109)16-23-53(90)78-45(67(106)107)15-22-52(89)77-44(66(104)105)14-21-51(88)76-43(65(102)103)13-11-38(87)30-35(64(100)101)8-28-60(97)98/h2-7,9-10,12,29,35,41,43-50H,8,11,13-28,30-32,74H2,1H3,(H,75,95)(H,76,88)(H,77,89)(H,78,90)(H,79,91)(H,80,92)(H,81,93)(H,82,94)(H,83,99)(H,97,98)(H,100,101)(H,102,103)(H,104,105)(H,106,107)(H,108,109)(H,110,111)(H,112,113)(H,114,115)(H,116,117)(H2,84,85,86,96)/t35-,41+,43+,44+,45+,46+,47+,48+,49+,50+/m1/s1. The minimum atomic E-state index is -1.89. The number of hydrogen-bond donors (Lipinski definition) is 22. The van der Waals surface area contributed by atoms with Crippen molar-refractivity contribution in [3.63, 3.8) is 0 Å². The van der Waals surface area contributed by atoms with E-state index in [0.717, 1.165) is 5.56 Å². The minimum absolute atomic E-state index is 0.0223. The number of nitrogens with zero attached hydrogens (tertiary/aromatic N) is 1. The largest absolute Gasteiger partial charge is 0.481 e. The number of hydrogen-bond acceptors (Lipinski definition) is 23. The van der Waals surface area contributed by atoms with Gasteiger partial charge in [-0.25, -0.2) is 42.7 Å². The monoisotopic (exact) mass is 1650 g/mol. The molecule has 10 amide bonds. The van der Waals surface area contributed by atoms with E-state index in [9.17, 15) is 151 Å².